The number of rotatable bonds is 4. The van der Waals surface area contributed by atoms with Crippen LogP contribution in [0.5, 0.6) is 5.88 Å². The Bertz CT molecular complexity index is 561. The molecule has 0 radical (unpaired) electrons. The molecule has 0 aromatic carbocycles. The SMILES string of the molecule is CC1CCCC(Oc2ccc([N+](=O)[O-])c(/C(N)=N/O)n2)C1. The minimum Gasteiger partial charge on any atom is -0.474 e. The fourth-order valence-corrected chi connectivity index (χ4v) is 2.54. The first kappa shape index (κ1) is 15.0. The zero-order valence-corrected chi connectivity index (χ0v) is 11.7. The zero-order valence-electron chi connectivity index (χ0n) is 11.7. The van der Waals surface area contributed by atoms with E-state index >= 15 is 0 Å². The number of pyridine rings is 1. The Kier molecular flexibility index (Phi) is 4.56. The molecule has 0 bridgehead atoms. The van der Waals surface area contributed by atoms with Crippen molar-refractivity contribution in [2.24, 2.45) is 16.8 Å². The molecule has 0 amide bonds. The molecular formula is C13H18N4O4. The van der Waals surface area contributed by atoms with Crippen LogP contribution in [0.1, 0.15) is 38.3 Å². The first-order valence-corrected chi connectivity index (χ1v) is 6.81. The van der Waals surface area contributed by atoms with Crippen molar-refractivity contribution in [1.82, 2.24) is 4.98 Å². The van der Waals surface area contributed by atoms with E-state index in [0.717, 1.165) is 19.3 Å². The van der Waals surface area contributed by atoms with Gasteiger partial charge in [0.05, 0.1) is 4.92 Å². The largest absolute Gasteiger partial charge is 0.474 e. The smallest absolute Gasteiger partial charge is 0.299 e. The highest BCUT2D eigenvalue weighted by molar-refractivity contribution is 5.98. The van der Waals surface area contributed by atoms with Crippen LogP contribution in [0.4, 0.5) is 5.69 Å². The van der Waals surface area contributed by atoms with Crippen molar-refractivity contribution in [2.75, 3.05) is 0 Å². The fraction of sp³-hybridized carbons (Fsp3) is 0.538. The van der Waals surface area contributed by atoms with Gasteiger partial charge in [-0.3, -0.25) is 10.1 Å². The van der Waals surface area contributed by atoms with E-state index in [4.69, 9.17) is 15.7 Å². The van der Waals surface area contributed by atoms with Crippen LogP contribution in [-0.2, 0) is 0 Å². The van der Waals surface area contributed by atoms with Gasteiger partial charge in [-0.05, 0) is 25.2 Å². The van der Waals surface area contributed by atoms with E-state index < -0.39 is 10.8 Å². The van der Waals surface area contributed by atoms with Crippen LogP contribution in [0, 0.1) is 16.0 Å². The van der Waals surface area contributed by atoms with Crippen molar-refractivity contribution in [3.8, 4) is 5.88 Å². The third-order valence-electron chi connectivity index (χ3n) is 3.57. The Labute approximate surface area is 121 Å². The summed E-state index contributed by atoms with van der Waals surface area (Å²) in [4.78, 5) is 14.3. The van der Waals surface area contributed by atoms with E-state index in [2.05, 4.69) is 17.1 Å². The second-order valence-electron chi connectivity index (χ2n) is 5.27. The molecule has 1 aliphatic carbocycles. The van der Waals surface area contributed by atoms with Crippen LogP contribution in [0.25, 0.3) is 0 Å². The Balaban J connectivity index is 2.23. The highest BCUT2D eigenvalue weighted by Crippen LogP contribution is 2.28. The molecular weight excluding hydrogens is 276 g/mol. The summed E-state index contributed by atoms with van der Waals surface area (Å²) in [6.07, 6.45) is 4.18. The van der Waals surface area contributed by atoms with Gasteiger partial charge in [-0.15, -0.1) is 0 Å². The van der Waals surface area contributed by atoms with Gasteiger partial charge < -0.3 is 15.7 Å². The lowest BCUT2D eigenvalue weighted by molar-refractivity contribution is -0.385. The second kappa shape index (κ2) is 6.38. The second-order valence-corrected chi connectivity index (χ2v) is 5.27. The molecule has 2 rings (SSSR count). The van der Waals surface area contributed by atoms with E-state index in [1.807, 2.05) is 0 Å². The quantitative estimate of drug-likeness (QED) is 0.288. The number of amidine groups is 1. The number of nitrogens with two attached hydrogens (primary N) is 1. The van der Waals surface area contributed by atoms with E-state index in [1.165, 1.54) is 18.6 Å². The summed E-state index contributed by atoms with van der Waals surface area (Å²) in [5, 5.41) is 22.4. The van der Waals surface area contributed by atoms with Gasteiger partial charge >= 0.3 is 0 Å². The lowest BCUT2D eigenvalue weighted by Crippen LogP contribution is -2.25. The molecule has 1 aliphatic rings. The Hall–Kier alpha value is -2.38. The molecule has 1 fully saturated rings. The average molecular weight is 294 g/mol. The van der Waals surface area contributed by atoms with Crippen molar-refractivity contribution >= 4 is 11.5 Å². The standard InChI is InChI=1S/C13H18N4O4/c1-8-3-2-4-9(7-8)21-11-6-5-10(17(19)20)12(15-11)13(14)16-18/h5-6,8-9,18H,2-4,7H2,1H3,(H2,14,16). The number of nitro groups is 1. The molecule has 1 heterocycles. The highest BCUT2D eigenvalue weighted by atomic mass is 16.6. The summed E-state index contributed by atoms with van der Waals surface area (Å²) in [6.45, 7) is 2.17. The molecule has 2 atom stereocenters. The van der Waals surface area contributed by atoms with Gasteiger partial charge in [-0.25, -0.2) is 4.98 Å². The molecule has 0 saturated heterocycles. The summed E-state index contributed by atoms with van der Waals surface area (Å²) in [6, 6.07) is 2.69. The fourth-order valence-electron chi connectivity index (χ4n) is 2.54. The molecule has 3 N–H and O–H groups in total. The number of aromatic nitrogens is 1. The molecule has 0 aliphatic heterocycles. The van der Waals surface area contributed by atoms with Crippen molar-refractivity contribution in [2.45, 2.75) is 38.7 Å². The summed E-state index contributed by atoms with van der Waals surface area (Å²) in [7, 11) is 0. The predicted molar refractivity (Wildman–Crippen MR) is 75.5 cm³/mol. The summed E-state index contributed by atoms with van der Waals surface area (Å²) < 4.78 is 5.77. The Morgan fingerprint density at radius 3 is 2.95 bits per heavy atom. The van der Waals surface area contributed by atoms with Crippen LogP contribution in [0.15, 0.2) is 17.3 Å². The van der Waals surface area contributed by atoms with Crippen molar-refractivity contribution in [3.05, 3.63) is 27.9 Å². The van der Waals surface area contributed by atoms with Gasteiger partial charge in [0.1, 0.15) is 6.10 Å². The van der Waals surface area contributed by atoms with Gasteiger partial charge in [-0.2, -0.15) is 0 Å². The van der Waals surface area contributed by atoms with E-state index in [9.17, 15) is 10.1 Å². The number of ether oxygens (including phenoxy) is 1. The topological polar surface area (TPSA) is 124 Å². The molecule has 114 valence electrons. The van der Waals surface area contributed by atoms with Crippen LogP contribution >= 0.6 is 0 Å². The van der Waals surface area contributed by atoms with Gasteiger partial charge in [0.2, 0.25) is 5.88 Å². The molecule has 8 heteroatoms. The Morgan fingerprint density at radius 1 is 1.57 bits per heavy atom. The maximum atomic E-state index is 10.9. The first-order chi connectivity index (χ1) is 10.0. The van der Waals surface area contributed by atoms with Crippen molar-refractivity contribution in [1.29, 1.82) is 0 Å². The lowest BCUT2D eigenvalue weighted by Gasteiger charge is -2.26. The Morgan fingerprint density at radius 2 is 2.33 bits per heavy atom. The molecule has 21 heavy (non-hydrogen) atoms. The summed E-state index contributed by atoms with van der Waals surface area (Å²) in [5.74, 6) is 0.427. The van der Waals surface area contributed by atoms with Crippen LogP contribution in [0.2, 0.25) is 0 Å². The normalized spacial score (nSPS) is 22.8. The minimum atomic E-state index is -0.632. The average Bonchev–Trinajstić information content (AvgIpc) is 2.46. The third-order valence-corrected chi connectivity index (χ3v) is 3.57. The molecule has 0 spiro atoms. The molecule has 1 aromatic rings. The van der Waals surface area contributed by atoms with E-state index in [-0.39, 0.29) is 23.4 Å². The first-order valence-electron chi connectivity index (χ1n) is 6.81. The zero-order chi connectivity index (χ0) is 15.4. The maximum Gasteiger partial charge on any atom is 0.299 e. The molecule has 2 unspecified atom stereocenters. The number of nitrogens with zero attached hydrogens (tertiary/aromatic N) is 3. The van der Waals surface area contributed by atoms with Gasteiger partial charge in [0.25, 0.3) is 5.69 Å². The van der Waals surface area contributed by atoms with Crippen LogP contribution in [-0.4, -0.2) is 27.1 Å². The van der Waals surface area contributed by atoms with Gasteiger partial charge in [0, 0.05) is 12.1 Å². The highest BCUT2D eigenvalue weighted by Gasteiger charge is 2.24. The lowest BCUT2D eigenvalue weighted by atomic mass is 9.89. The molecule has 1 saturated carbocycles. The monoisotopic (exact) mass is 294 g/mol. The van der Waals surface area contributed by atoms with Crippen molar-refractivity contribution in [3.63, 3.8) is 0 Å². The van der Waals surface area contributed by atoms with Gasteiger partial charge in [0.15, 0.2) is 11.5 Å². The van der Waals surface area contributed by atoms with Crippen LogP contribution in [0.3, 0.4) is 0 Å². The van der Waals surface area contributed by atoms with E-state index in [1.54, 1.807) is 0 Å². The van der Waals surface area contributed by atoms with Crippen molar-refractivity contribution < 1.29 is 14.9 Å². The minimum absolute atomic E-state index is 0.0443. The number of hydrogen-bond donors (Lipinski definition) is 2. The van der Waals surface area contributed by atoms with E-state index in [0.29, 0.717) is 5.92 Å². The summed E-state index contributed by atoms with van der Waals surface area (Å²) in [5.41, 5.74) is 4.92. The number of hydrogen-bond acceptors (Lipinski definition) is 6. The predicted octanol–water partition coefficient (Wildman–Crippen LogP) is 2.04. The number of oxime groups is 1. The summed E-state index contributed by atoms with van der Waals surface area (Å²) >= 11 is 0. The van der Waals surface area contributed by atoms with Gasteiger partial charge in [-0.1, -0.05) is 18.5 Å². The maximum absolute atomic E-state index is 10.9. The third kappa shape index (κ3) is 3.59. The molecule has 1 aromatic heterocycles. The molecule has 8 nitrogen and oxygen atoms in total. The van der Waals surface area contributed by atoms with Crippen LogP contribution < -0.4 is 10.5 Å².